The molecule has 7 heteroatoms. The third kappa shape index (κ3) is 4.19. The molecule has 0 N–H and O–H groups in total. The molecule has 0 spiro atoms. The Morgan fingerprint density at radius 2 is 1.73 bits per heavy atom. The SMILES string of the molecule is C=CCn1c(=NC(=O)c2ccc(Oc3ccccc3)cc2)sc2ccc(Cl)c(Cl)c21. The number of hydrogen-bond donors (Lipinski definition) is 0. The highest BCUT2D eigenvalue weighted by atomic mass is 35.5. The van der Waals surface area contributed by atoms with E-state index in [9.17, 15) is 4.79 Å². The summed E-state index contributed by atoms with van der Waals surface area (Å²) in [6.07, 6.45) is 1.72. The van der Waals surface area contributed by atoms with Gasteiger partial charge in [0.1, 0.15) is 11.5 Å². The predicted molar refractivity (Wildman–Crippen MR) is 123 cm³/mol. The highest BCUT2D eigenvalue weighted by Crippen LogP contribution is 2.32. The van der Waals surface area contributed by atoms with Crippen molar-refractivity contribution in [2.75, 3.05) is 0 Å². The van der Waals surface area contributed by atoms with Crippen LogP contribution in [0.2, 0.25) is 10.0 Å². The zero-order chi connectivity index (χ0) is 21.1. The van der Waals surface area contributed by atoms with Gasteiger partial charge in [0.25, 0.3) is 5.91 Å². The zero-order valence-corrected chi connectivity index (χ0v) is 18.0. The molecule has 150 valence electrons. The molecule has 3 aromatic carbocycles. The Kier molecular flexibility index (Phi) is 6.04. The van der Waals surface area contributed by atoms with E-state index in [-0.39, 0.29) is 5.91 Å². The van der Waals surface area contributed by atoms with Gasteiger partial charge in [-0.1, -0.05) is 58.8 Å². The minimum Gasteiger partial charge on any atom is -0.457 e. The van der Waals surface area contributed by atoms with Crippen LogP contribution in [0.25, 0.3) is 10.2 Å². The van der Waals surface area contributed by atoms with Crippen molar-refractivity contribution in [1.82, 2.24) is 4.57 Å². The van der Waals surface area contributed by atoms with Crippen molar-refractivity contribution in [2.24, 2.45) is 4.99 Å². The monoisotopic (exact) mass is 454 g/mol. The summed E-state index contributed by atoms with van der Waals surface area (Å²) in [4.78, 5) is 17.6. The average molecular weight is 455 g/mol. The molecule has 4 aromatic rings. The second-order valence-electron chi connectivity index (χ2n) is 6.35. The summed E-state index contributed by atoms with van der Waals surface area (Å²) >= 11 is 13.9. The molecule has 1 aromatic heterocycles. The largest absolute Gasteiger partial charge is 0.457 e. The van der Waals surface area contributed by atoms with E-state index in [2.05, 4.69) is 11.6 Å². The minimum absolute atomic E-state index is 0.354. The van der Waals surface area contributed by atoms with Gasteiger partial charge in [0.2, 0.25) is 0 Å². The van der Waals surface area contributed by atoms with Crippen molar-refractivity contribution in [3.8, 4) is 11.5 Å². The Balaban J connectivity index is 1.67. The molecule has 0 aliphatic carbocycles. The van der Waals surface area contributed by atoms with Gasteiger partial charge in [0.05, 0.1) is 20.3 Å². The molecular formula is C23H16Cl2N2O2S. The molecule has 0 aliphatic rings. The van der Waals surface area contributed by atoms with Crippen LogP contribution in [0.1, 0.15) is 10.4 Å². The third-order valence-electron chi connectivity index (χ3n) is 4.32. The summed E-state index contributed by atoms with van der Waals surface area (Å²) in [6.45, 7) is 4.24. The highest BCUT2D eigenvalue weighted by Gasteiger charge is 2.13. The molecule has 0 radical (unpaired) electrons. The van der Waals surface area contributed by atoms with Gasteiger partial charge in [-0.05, 0) is 48.5 Å². The summed E-state index contributed by atoms with van der Waals surface area (Å²) in [5, 5.41) is 0.884. The van der Waals surface area contributed by atoms with Gasteiger partial charge in [0.15, 0.2) is 4.80 Å². The number of carbonyl (C=O) groups is 1. The van der Waals surface area contributed by atoms with E-state index in [0.29, 0.717) is 32.7 Å². The molecule has 4 rings (SSSR count). The molecule has 0 atom stereocenters. The summed E-state index contributed by atoms with van der Waals surface area (Å²) in [6, 6.07) is 19.9. The first-order valence-corrected chi connectivity index (χ1v) is 10.6. The summed E-state index contributed by atoms with van der Waals surface area (Å²) in [5.41, 5.74) is 1.20. The normalized spacial score (nSPS) is 11.6. The summed E-state index contributed by atoms with van der Waals surface area (Å²) in [5.74, 6) is 1.02. The maximum atomic E-state index is 12.8. The van der Waals surface area contributed by atoms with Gasteiger partial charge in [0, 0.05) is 12.1 Å². The lowest BCUT2D eigenvalue weighted by molar-refractivity contribution is 0.0998. The molecular weight excluding hydrogens is 439 g/mol. The number of rotatable bonds is 5. The van der Waals surface area contributed by atoms with E-state index in [1.807, 2.05) is 41.0 Å². The predicted octanol–water partition coefficient (Wildman–Crippen LogP) is 6.73. The van der Waals surface area contributed by atoms with Crippen molar-refractivity contribution in [3.63, 3.8) is 0 Å². The number of amides is 1. The standard InChI is InChI=1S/C23H16Cl2N2O2S/c1-2-14-27-21-19(13-12-18(24)20(21)25)30-23(27)26-22(28)15-8-10-17(11-9-15)29-16-6-4-3-5-7-16/h2-13H,1,14H2. The van der Waals surface area contributed by atoms with Gasteiger partial charge in [-0.25, -0.2) is 0 Å². The molecule has 4 nitrogen and oxygen atoms in total. The number of thiazole rings is 1. The Bertz CT molecular complexity index is 1290. The lowest BCUT2D eigenvalue weighted by Gasteiger charge is -2.05. The van der Waals surface area contributed by atoms with Crippen LogP contribution >= 0.6 is 34.5 Å². The van der Waals surface area contributed by atoms with E-state index in [4.69, 9.17) is 27.9 Å². The number of halogens is 2. The highest BCUT2D eigenvalue weighted by molar-refractivity contribution is 7.16. The van der Waals surface area contributed by atoms with Gasteiger partial charge in [-0.15, -0.1) is 6.58 Å². The molecule has 0 bridgehead atoms. The van der Waals surface area contributed by atoms with Crippen molar-refractivity contribution in [3.05, 3.63) is 99.8 Å². The molecule has 0 aliphatic heterocycles. The van der Waals surface area contributed by atoms with E-state index in [1.165, 1.54) is 11.3 Å². The molecule has 0 saturated carbocycles. The Morgan fingerprint density at radius 1 is 1.03 bits per heavy atom. The molecule has 1 heterocycles. The topological polar surface area (TPSA) is 43.6 Å². The Morgan fingerprint density at radius 3 is 2.43 bits per heavy atom. The number of aromatic nitrogens is 1. The van der Waals surface area contributed by atoms with E-state index in [0.717, 1.165) is 16.0 Å². The van der Waals surface area contributed by atoms with Gasteiger partial charge in [-0.2, -0.15) is 4.99 Å². The zero-order valence-electron chi connectivity index (χ0n) is 15.7. The van der Waals surface area contributed by atoms with Crippen LogP contribution in [0, 0.1) is 0 Å². The first-order chi connectivity index (χ1) is 14.6. The summed E-state index contributed by atoms with van der Waals surface area (Å²) < 4.78 is 8.50. The number of nitrogens with zero attached hydrogens (tertiary/aromatic N) is 2. The average Bonchev–Trinajstić information content (AvgIpc) is 3.10. The Labute approximate surface area is 187 Å². The first kappa shape index (κ1) is 20.4. The molecule has 0 saturated heterocycles. The van der Waals surface area contributed by atoms with Crippen molar-refractivity contribution < 1.29 is 9.53 Å². The maximum Gasteiger partial charge on any atom is 0.279 e. The quantitative estimate of drug-likeness (QED) is 0.313. The Hall–Kier alpha value is -2.86. The number of carbonyl (C=O) groups excluding carboxylic acids is 1. The number of para-hydroxylation sites is 1. The fraction of sp³-hybridized carbons (Fsp3) is 0.0435. The second-order valence-corrected chi connectivity index (χ2v) is 8.14. The number of allylic oxidation sites excluding steroid dienone is 1. The lowest BCUT2D eigenvalue weighted by atomic mass is 10.2. The molecule has 30 heavy (non-hydrogen) atoms. The van der Waals surface area contributed by atoms with E-state index < -0.39 is 0 Å². The van der Waals surface area contributed by atoms with Gasteiger partial charge >= 0.3 is 0 Å². The van der Waals surface area contributed by atoms with Gasteiger partial charge in [-0.3, -0.25) is 4.79 Å². The van der Waals surface area contributed by atoms with E-state index >= 15 is 0 Å². The lowest BCUT2D eigenvalue weighted by Crippen LogP contribution is -2.16. The van der Waals surface area contributed by atoms with Gasteiger partial charge < -0.3 is 9.30 Å². The number of benzene rings is 3. The molecule has 1 amide bonds. The van der Waals surface area contributed by atoms with E-state index in [1.54, 1.807) is 36.4 Å². The molecule has 0 fully saturated rings. The van der Waals surface area contributed by atoms with Crippen LogP contribution in [-0.2, 0) is 6.54 Å². The van der Waals surface area contributed by atoms with Crippen LogP contribution in [0.4, 0.5) is 0 Å². The van der Waals surface area contributed by atoms with Crippen LogP contribution in [0.5, 0.6) is 11.5 Å². The number of fused-ring (bicyclic) bond motifs is 1. The smallest absolute Gasteiger partial charge is 0.279 e. The van der Waals surface area contributed by atoms with Crippen LogP contribution in [0.15, 0.2) is 84.4 Å². The summed E-state index contributed by atoms with van der Waals surface area (Å²) in [7, 11) is 0. The fourth-order valence-electron chi connectivity index (χ4n) is 2.93. The van der Waals surface area contributed by atoms with Crippen molar-refractivity contribution >= 4 is 50.7 Å². The third-order valence-corrected chi connectivity index (χ3v) is 6.16. The van der Waals surface area contributed by atoms with Crippen LogP contribution < -0.4 is 9.54 Å². The van der Waals surface area contributed by atoms with Crippen molar-refractivity contribution in [1.29, 1.82) is 0 Å². The first-order valence-electron chi connectivity index (χ1n) is 9.07. The fourth-order valence-corrected chi connectivity index (χ4v) is 4.45. The van der Waals surface area contributed by atoms with Crippen LogP contribution in [0.3, 0.4) is 0 Å². The number of ether oxygens (including phenoxy) is 1. The minimum atomic E-state index is -0.354. The van der Waals surface area contributed by atoms with Crippen LogP contribution in [-0.4, -0.2) is 10.5 Å². The number of hydrogen-bond acceptors (Lipinski definition) is 3. The molecule has 0 unspecified atom stereocenters. The second kappa shape index (κ2) is 8.88. The van der Waals surface area contributed by atoms with Crippen molar-refractivity contribution in [2.45, 2.75) is 6.54 Å². The maximum absolute atomic E-state index is 12.8.